The summed E-state index contributed by atoms with van der Waals surface area (Å²) >= 11 is 0. The van der Waals surface area contributed by atoms with Gasteiger partial charge in [0.05, 0.1) is 16.3 Å². The minimum absolute atomic E-state index is 0.0285. The molecular weight excluding hydrogens is 460 g/mol. The third kappa shape index (κ3) is 5.87. The number of amides is 1. The molecule has 8 heteroatoms. The predicted molar refractivity (Wildman–Crippen MR) is 137 cm³/mol. The maximum atomic E-state index is 13.5. The number of benzene rings is 4. The summed E-state index contributed by atoms with van der Waals surface area (Å²) in [5.74, 6) is -0.555. The number of aryl methyl sites for hydroxylation is 2. The third-order valence-corrected chi connectivity index (χ3v) is 6.48. The van der Waals surface area contributed by atoms with Gasteiger partial charge in [-0.3, -0.25) is 4.79 Å². The lowest BCUT2D eigenvalue weighted by atomic mass is 10.1. The van der Waals surface area contributed by atoms with Crippen LogP contribution in [0.2, 0.25) is 0 Å². The minimum Gasteiger partial charge on any atom is -0.267 e. The fourth-order valence-corrected chi connectivity index (χ4v) is 4.35. The molecule has 0 saturated carbocycles. The van der Waals surface area contributed by atoms with Gasteiger partial charge in [-0.15, -0.1) is 9.95 Å². The Balaban J connectivity index is 1.80. The highest BCUT2D eigenvalue weighted by molar-refractivity contribution is 7.89. The molecule has 1 N–H and O–H groups in total. The number of sulfonamides is 1. The van der Waals surface area contributed by atoms with Crippen molar-refractivity contribution in [3.05, 3.63) is 120 Å². The van der Waals surface area contributed by atoms with Crippen LogP contribution >= 0.6 is 0 Å². The van der Waals surface area contributed by atoms with Gasteiger partial charge in [0.2, 0.25) is 0 Å². The quantitative estimate of drug-likeness (QED) is 0.248. The van der Waals surface area contributed by atoms with Crippen molar-refractivity contribution in [1.29, 1.82) is 0 Å². The topological polar surface area (TPSA) is 91.2 Å². The number of carbonyl (C=O) groups is 1. The lowest BCUT2D eigenvalue weighted by Gasteiger charge is -2.24. The summed E-state index contributed by atoms with van der Waals surface area (Å²) in [4.78, 5) is 16.0. The van der Waals surface area contributed by atoms with E-state index in [1.807, 2.05) is 38.1 Å². The van der Waals surface area contributed by atoms with Crippen molar-refractivity contribution >= 4 is 33.0 Å². The van der Waals surface area contributed by atoms with E-state index in [4.69, 9.17) is 0 Å². The van der Waals surface area contributed by atoms with Crippen LogP contribution in [0, 0.1) is 13.8 Å². The zero-order chi connectivity index (χ0) is 24.8. The standard InChI is InChI=1S/C27H24N4O3S/c1-20-13-16-23(17-14-20)28-29-25-19-21(2)15-18-26(25)31(27(32)22-9-5-3-6-10-22)30-35(33,34)24-11-7-4-8-12-24/h3-19,30H,1-2H3. The Bertz CT molecular complexity index is 1450. The Morgan fingerprint density at radius 2 is 1.34 bits per heavy atom. The first-order valence-corrected chi connectivity index (χ1v) is 12.4. The van der Waals surface area contributed by atoms with Crippen LogP contribution in [0.4, 0.5) is 17.1 Å². The number of nitrogens with zero attached hydrogens (tertiary/aromatic N) is 3. The van der Waals surface area contributed by atoms with E-state index in [0.717, 1.165) is 16.1 Å². The highest BCUT2D eigenvalue weighted by atomic mass is 32.2. The highest BCUT2D eigenvalue weighted by Crippen LogP contribution is 2.32. The maximum absolute atomic E-state index is 13.5. The van der Waals surface area contributed by atoms with Crippen molar-refractivity contribution in [1.82, 2.24) is 4.83 Å². The molecule has 0 heterocycles. The predicted octanol–water partition coefficient (Wildman–Crippen LogP) is 6.26. The first-order valence-electron chi connectivity index (χ1n) is 10.9. The third-order valence-electron chi connectivity index (χ3n) is 5.17. The Morgan fingerprint density at radius 1 is 0.743 bits per heavy atom. The number of hydrazine groups is 1. The summed E-state index contributed by atoms with van der Waals surface area (Å²) in [6.45, 7) is 3.86. The molecule has 0 aromatic heterocycles. The summed E-state index contributed by atoms with van der Waals surface area (Å²) < 4.78 is 26.4. The number of carbonyl (C=O) groups excluding carboxylic acids is 1. The number of nitrogens with one attached hydrogen (secondary N) is 1. The average molecular weight is 485 g/mol. The Morgan fingerprint density at radius 3 is 2.00 bits per heavy atom. The molecule has 0 aliphatic carbocycles. The zero-order valence-electron chi connectivity index (χ0n) is 19.3. The second-order valence-electron chi connectivity index (χ2n) is 7.94. The average Bonchev–Trinajstić information content (AvgIpc) is 2.88. The summed E-state index contributed by atoms with van der Waals surface area (Å²) in [5.41, 5.74) is 3.50. The zero-order valence-corrected chi connectivity index (χ0v) is 20.1. The molecule has 7 nitrogen and oxygen atoms in total. The SMILES string of the molecule is Cc1ccc(N=Nc2cc(C)ccc2N(NS(=O)(=O)c2ccccc2)C(=O)c2ccccc2)cc1. The van der Waals surface area contributed by atoms with Crippen molar-refractivity contribution in [2.24, 2.45) is 10.2 Å². The van der Waals surface area contributed by atoms with Gasteiger partial charge in [0, 0.05) is 5.56 Å². The van der Waals surface area contributed by atoms with Crippen LogP contribution in [-0.4, -0.2) is 14.3 Å². The van der Waals surface area contributed by atoms with Gasteiger partial charge in [-0.1, -0.05) is 60.2 Å². The van der Waals surface area contributed by atoms with E-state index in [1.165, 1.54) is 12.1 Å². The molecule has 0 radical (unpaired) electrons. The molecule has 0 atom stereocenters. The van der Waals surface area contributed by atoms with Crippen LogP contribution < -0.4 is 9.84 Å². The largest absolute Gasteiger partial charge is 0.273 e. The van der Waals surface area contributed by atoms with E-state index in [-0.39, 0.29) is 10.6 Å². The number of hydrogen-bond donors (Lipinski definition) is 1. The van der Waals surface area contributed by atoms with Crippen molar-refractivity contribution in [2.75, 3.05) is 5.01 Å². The smallest absolute Gasteiger partial charge is 0.267 e. The molecule has 35 heavy (non-hydrogen) atoms. The van der Waals surface area contributed by atoms with Crippen LogP contribution in [0.15, 0.2) is 118 Å². The van der Waals surface area contributed by atoms with Gasteiger partial charge >= 0.3 is 0 Å². The maximum Gasteiger partial charge on any atom is 0.273 e. The first-order chi connectivity index (χ1) is 16.8. The normalized spacial score (nSPS) is 11.5. The van der Waals surface area contributed by atoms with Gasteiger partial charge in [-0.2, -0.15) is 5.11 Å². The molecule has 0 unspecified atom stereocenters. The van der Waals surface area contributed by atoms with E-state index >= 15 is 0 Å². The summed E-state index contributed by atoms with van der Waals surface area (Å²) in [6.07, 6.45) is 0. The summed E-state index contributed by atoms with van der Waals surface area (Å²) in [7, 11) is -4.08. The summed E-state index contributed by atoms with van der Waals surface area (Å²) in [5, 5.41) is 9.66. The van der Waals surface area contributed by atoms with Crippen molar-refractivity contribution in [3.8, 4) is 0 Å². The second kappa shape index (κ2) is 10.4. The molecule has 0 bridgehead atoms. The monoisotopic (exact) mass is 484 g/mol. The van der Waals surface area contributed by atoms with Gasteiger partial charge in [-0.05, 0) is 67.9 Å². The van der Waals surface area contributed by atoms with Gasteiger partial charge in [0.15, 0.2) is 0 Å². The molecular formula is C27H24N4O3S. The Labute approximate surface area is 204 Å². The van der Waals surface area contributed by atoms with Crippen molar-refractivity contribution in [2.45, 2.75) is 18.7 Å². The fraction of sp³-hybridized carbons (Fsp3) is 0.0741. The van der Waals surface area contributed by atoms with Crippen LogP contribution in [0.3, 0.4) is 0 Å². The molecule has 0 saturated heterocycles. The van der Waals surface area contributed by atoms with E-state index in [0.29, 0.717) is 16.9 Å². The summed E-state index contributed by atoms with van der Waals surface area (Å²) in [6, 6.07) is 29.0. The van der Waals surface area contributed by atoms with Gasteiger partial charge in [0.25, 0.3) is 15.9 Å². The minimum atomic E-state index is -4.08. The number of azo groups is 1. The number of anilines is 1. The van der Waals surface area contributed by atoms with Gasteiger partial charge in [0.1, 0.15) is 5.69 Å². The first kappa shape index (κ1) is 24.0. The molecule has 4 rings (SSSR count). The highest BCUT2D eigenvalue weighted by Gasteiger charge is 2.27. The molecule has 4 aromatic rings. The number of rotatable bonds is 7. The van der Waals surface area contributed by atoms with Crippen molar-refractivity contribution in [3.63, 3.8) is 0 Å². The lowest BCUT2D eigenvalue weighted by Crippen LogP contribution is -2.46. The van der Waals surface area contributed by atoms with Crippen LogP contribution in [0.1, 0.15) is 21.5 Å². The number of hydrogen-bond acceptors (Lipinski definition) is 5. The molecule has 0 spiro atoms. The van der Waals surface area contributed by atoms with Gasteiger partial charge in [-0.25, -0.2) is 13.4 Å². The Kier molecular flexibility index (Phi) is 7.14. The van der Waals surface area contributed by atoms with Gasteiger partial charge < -0.3 is 0 Å². The van der Waals surface area contributed by atoms with Crippen LogP contribution in [-0.2, 0) is 10.0 Å². The molecule has 176 valence electrons. The van der Waals surface area contributed by atoms with E-state index < -0.39 is 15.9 Å². The molecule has 0 fully saturated rings. The molecule has 0 aliphatic heterocycles. The van der Waals surface area contributed by atoms with E-state index in [1.54, 1.807) is 66.7 Å². The van der Waals surface area contributed by atoms with E-state index in [9.17, 15) is 13.2 Å². The Hall–Kier alpha value is -4.14. The molecule has 4 aromatic carbocycles. The van der Waals surface area contributed by atoms with E-state index in [2.05, 4.69) is 15.1 Å². The second-order valence-corrected chi connectivity index (χ2v) is 9.60. The van der Waals surface area contributed by atoms with Crippen molar-refractivity contribution < 1.29 is 13.2 Å². The molecule has 0 aliphatic rings. The van der Waals surface area contributed by atoms with Crippen LogP contribution in [0.5, 0.6) is 0 Å². The lowest BCUT2D eigenvalue weighted by molar-refractivity contribution is 0.0981. The van der Waals surface area contributed by atoms with Crippen LogP contribution in [0.25, 0.3) is 0 Å². The molecule has 1 amide bonds. The fourth-order valence-electron chi connectivity index (χ4n) is 3.31.